The predicted octanol–water partition coefficient (Wildman–Crippen LogP) is 4.31. The molecule has 0 saturated carbocycles. The molecule has 0 saturated heterocycles. The number of ether oxygens (including phenoxy) is 1. The Kier molecular flexibility index (Phi) is 8.26. The van der Waals surface area contributed by atoms with E-state index >= 15 is 0 Å². The van der Waals surface area contributed by atoms with Crippen molar-refractivity contribution in [2.24, 2.45) is 0 Å². The van der Waals surface area contributed by atoms with E-state index in [1.54, 1.807) is 0 Å². The standard InChI is InChI=1S/C25H29NO2/c27-16-17-28-21-25(18-22-10-4-1-5-11-22)26(19-23-12-6-2-7-13-23)20-24-14-8-3-9-15-24/h1-15,25,27H,16-21H2/t25-/m0/s1. The molecule has 3 heteroatoms. The molecule has 0 aliphatic heterocycles. The van der Waals surface area contributed by atoms with Crippen LogP contribution in [0.5, 0.6) is 0 Å². The Morgan fingerprint density at radius 2 is 1.14 bits per heavy atom. The average molecular weight is 376 g/mol. The highest BCUT2D eigenvalue weighted by Crippen LogP contribution is 2.17. The van der Waals surface area contributed by atoms with Gasteiger partial charge >= 0.3 is 0 Å². The van der Waals surface area contributed by atoms with Gasteiger partial charge in [0.15, 0.2) is 0 Å². The van der Waals surface area contributed by atoms with E-state index in [1.165, 1.54) is 16.7 Å². The van der Waals surface area contributed by atoms with E-state index in [4.69, 9.17) is 9.84 Å². The van der Waals surface area contributed by atoms with Gasteiger partial charge in [-0.25, -0.2) is 0 Å². The smallest absolute Gasteiger partial charge is 0.0698 e. The SMILES string of the molecule is OCCOC[C@H](Cc1ccccc1)N(Cc1ccccc1)Cc1ccccc1. The van der Waals surface area contributed by atoms with Gasteiger partial charge in [0, 0.05) is 19.1 Å². The quantitative estimate of drug-likeness (QED) is 0.507. The molecule has 3 aromatic carbocycles. The van der Waals surface area contributed by atoms with Crippen LogP contribution >= 0.6 is 0 Å². The van der Waals surface area contributed by atoms with Crippen LogP contribution in [0.4, 0.5) is 0 Å². The highest BCUT2D eigenvalue weighted by molar-refractivity contribution is 5.19. The van der Waals surface area contributed by atoms with Gasteiger partial charge in [0.2, 0.25) is 0 Å². The van der Waals surface area contributed by atoms with E-state index in [-0.39, 0.29) is 12.6 Å². The second kappa shape index (κ2) is 11.4. The fraction of sp³-hybridized carbons (Fsp3) is 0.280. The van der Waals surface area contributed by atoms with Gasteiger partial charge in [0.25, 0.3) is 0 Å². The van der Waals surface area contributed by atoms with Gasteiger partial charge in [-0.1, -0.05) is 91.0 Å². The van der Waals surface area contributed by atoms with E-state index in [0.29, 0.717) is 13.2 Å². The van der Waals surface area contributed by atoms with Crippen LogP contribution in [0.2, 0.25) is 0 Å². The predicted molar refractivity (Wildman–Crippen MR) is 114 cm³/mol. The van der Waals surface area contributed by atoms with Crippen LogP contribution in [0.25, 0.3) is 0 Å². The molecule has 0 unspecified atom stereocenters. The number of rotatable bonds is 11. The molecule has 0 aromatic heterocycles. The van der Waals surface area contributed by atoms with E-state index in [2.05, 4.69) is 89.8 Å². The van der Waals surface area contributed by atoms with Crippen molar-refractivity contribution in [1.82, 2.24) is 4.90 Å². The van der Waals surface area contributed by atoms with Gasteiger partial charge in [-0.05, 0) is 23.1 Å². The molecular weight excluding hydrogens is 346 g/mol. The lowest BCUT2D eigenvalue weighted by Crippen LogP contribution is -2.39. The second-order valence-electron chi connectivity index (χ2n) is 7.02. The molecule has 146 valence electrons. The summed E-state index contributed by atoms with van der Waals surface area (Å²) in [5, 5.41) is 9.14. The summed E-state index contributed by atoms with van der Waals surface area (Å²) in [5.41, 5.74) is 3.88. The molecule has 3 rings (SSSR count). The summed E-state index contributed by atoms with van der Waals surface area (Å²) in [6, 6.07) is 31.9. The number of aliphatic hydroxyl groups is 1. The molecule has 0 radical (unpaired) electrons. The Bertz CT molecular complexity index is 736. The molecule has 0 fully saturated rings. The fourth-order valence-electron chi connectivity index (χ4n) is 3.41. The molecule has 0 bridgehead atoms. The average Bonchev–Trinajstić information content (AvgIpc) is 2.75. The minimum Gasteiger partial charge on any atom is -0.394 e. The lowest BCUT2D eigenvalue weighted by molar-refractivity contribution is 0.0341. The first-order chi connectivity index (χ1) is 13.8. The minimum absolute atomic E-state index is 0.0510. The van der Waals surface area contributed by atoms with Crippen molar-refractivity contribution >= 4 is 0 Å². The first-order valence-corrected chi connectivity index (χ1v) is 9.89. The van der Waals surface area contributed by atoms with Crippen molar-refractivity contribution in [2.75, 3.05) is 19.8 Å². The number of nitrogens with zero attached hydrogens (tertiary/aromatic N) is 1. The van der Waals surface area contributed by atoms with Gasteiger partial charge in [0.1, 0.15) is 0 Å². The van der Waals surface area contributed by atoms with Crippen molar-refractivity contribution < 1.29 is 9.84 Å². The van der Waals surface area contributed by atoms with Gasteiger partial charge in [-0.15, -0.1) is 0 Å². The summed E-state index contributed by atoms with van der Waals surface area (Å²) in [5.74, 6) is 0. The Balaban J connectivity index is 1.82. The van der Waals surface area contributed by atoms with Crippen LogP contribution in [0.15, 0.2) is 91.0 Å². The number of hydrogen-bond acceptors (Lipinski definition) is 3. The molecule has 0 amide bonds. The zero-order valence-corrected chi connectivity index (χ0v) is 16.3. The van der Waals surface area contributed by atoms with Gasteiger partial charge < -0.3 is 9.84 Å². The third-order valence-corrected chi connectivity index (χ3v) is 4.83. The first kappa shape index (κ1) is 20.3. The molecule has 3 nitrogen and oxygen atoms in total. The zero-order valence-electron chi connectivity index (χ0n) is 16.3. The Hall–Kier alpha value is -2.46. The molecule has 0 aliphatic rings. The number of hydrogen-bond donors (Lipinski definition) is 1. The van der Waals surface area contributed by atoms with Crippen LogP contribution in [0.1, 0.15) is 16.7 Å². The van der Waals surface area contributed by atoms with Crippen LogP contribution in [0, 0.1) is 0 Å². The minimum atomic E-state index is 0.0510. The van der Waals surface area contributed by atoms with Crippen molar-refractivity contribution in [3.8, 4) is 0 Å². The summed E-state index contributed by atoms with van der Waals surface area (Å²) in [4.78, 5) is 2.48. The maximum absolute atomic E-state index is 9.14. The lowest BCUT2D eigenvalue weighted by atomic mass is 10.0. The van der Waals surface area contributed by atoms with Crippen LogP contribution in [-0.2, 0) is 24.2 Å². The molecule has 1 N–H and O–H groups in total. The van der Waals surface area contributed by atoms with Gasteiger partial charge in [-0.2, -0.15) is 0 Å². The van der Waals surface area contributed by atoms with E-state index < -0.39 is 0 Å². The monoisotopic (exact) mass is 375 g/mol. The molecular formula is C25H29NO2. The largest absolute Gasteiger partial charge is 0.394 e. The normalized spacial score (nSPS) is 12.2. The van der Waals surface area contributed by atoms with Crippen molar-refractivity contribution in [3.63, 3.8) is 0 Å². The number of aliphatic hydroxyl groups excluding tert-OH is 1. The maximum Gasteiger partial charge on any atom is 0.0698 e. The first-order valence-electron chi connectivity index (χ1n) is 9.89. The maximum atomic E-state index is 9.14. The topological polar surface area (TPSA) is 32.7 Å². The fourth-order valence-corrected chi connectivity index (χ4v) is 3.41. The lowest BCUT2D eigenvalue weighted by Gasteiger charge is -2.32. The van der Waals surface area contributed by atoms with E-state index in [1.807, 2.05) is 6.07 Å². The third kappa shape index (κ3) is 6.61. The second-order valence-corrected chi connectivity index (χ2v) is 7.02. The van der Waals surface area contributed by atoms with Crippen LogP contribution < -0.4 is 0 Å². The van der Waals surface area contributed by atoms with Crippen molar-refractivity contribution in [2.45, 2.75) is 25.6 Å². The third-order valence-electron chi connectivity index (χ3n) is 4.83. The summed E-state index contributed by atoms with van der Waals surface area (Å²) in [7, 11) is 0. The molecule has 1 atom stereocenters. The summed E-state index contributed by atoms with van der Waals surface area (Å²) in [6.45, 7) is 2.73. The molecule has 3 aromatic rings. The Labute approximate surface area is 168 Å². The number of benzene rings is 3. The highest BCUT2D eigenvalue weighted by Gasteiger charge is 2.20. The van der Waals surface area contributed by atoms with E-state index in [9.17, 15) is 0 Å². The van der Waals surface area contributed by atoms with Gasteiger partial charge in [-0.3, -0.25) is 4.90 Å². The summed E-state index contributed by atoms with van der Waals surface area (Å²) < 4.78 is 5.78. The zero-order chi connectivity index (χ0) is 19.4. The van der Waals surface area contributed by atoms with Crippen molar-refractivity contribution in [3.05, 3.63) is 108 Å². The summed E-state index contributed by atoms with van der Waals surface area (Å²) in [6.07, 6.45) is 0.909. The molecule has 0 aliphatic carbocycles. The Morgan fingerprint density at radius 1 is 0.679 bits per heavy atom. The molecule has 0 spiro atoms. The molecule has 0 heterocycles. The van der Waals surface area contributed by atoms with Crippen molar-refractivity contribution in [1.29, 1.82) is 0 Å². The van der Waals surface area contributed by atoms with Crippen LogP contribution in [-0.4, -0.2) is 35.9 Å². The summed E-state index contributed by atoms with van der Waals surface area (Å²) >= 11 is 0. The molecule has 28 heavy (non-hydrogen) atoms. The van der Waals surface area contributed by atoms with Crippen LogP contribution in [0.3, 0.4) is 0 Å². The van der Waals surface area contributed by atoms with Gasteiger partial charge in [0.05, 0.1) is 19.8 Å². The van der Waals surface area contributed by atoms with E-state index in [0.717, 1.165) is 19.5 Å². The highest BCUT2D eigenvalue weighted by atomic mass is 16.5. The Morgan fingerprint density at radius 3 is 1.61 bits per heavy atom.